The molecule has 0 bridgehead atoms. The van der Waals surface area contributed by atoms with E-state index in [0.717, 1.165) is 29.4 Å². The van der Waals surface area contributed by atoms with Gasteiger partial charge in [-0.2, -0.15) is 0 Å². The predicted molar refractivity (Wildman–Crippen MR) is 78.6 cm³/mol. The first-order valence-electron chi connectivity index (χ1n) is 6.95. The molecule has 1 aromatic rings. The molecule has 1 aromatic heterocycles. The molecular weight excluding hydrogens is 264 g/mol. The Labute approximate surface area is 118 Å². The van der Waals surface area contributed by atoms with Gasteiger partial charge >= 0.3 is 0 Å². The zero-order valence-electron chi connectivity index (χ0n) is 10.9. The lowest BCUT2D eigenvalue weighted by molar-refractivity contribution is 0.255. The minimum Gasteiger partial charge on any atom is -0.312 e. The Kier molecular flexibility index (Phi) is 3.94. The second-order valence-corrected chi connectivity index (χ2v) is 7.42. The Morgan fingerprint density at radius 3 is 2.94 bits per heavy atom. The minimum atomic E-state index is 0.691. The zero-order chi connectivity index (χ0) is 12.5. The first kappa shape index (κ1) is 12.9. The van der Waals surface area contributed by atoms with E-state index in [1.807, 2.05) is 6.07 Å². The Balaban J connectivity index is 1.41. The van der Waals surface area contributed by atoms with Crippen molar-refractivity contribution >= 4 is 22.9 Å². The summed E-state index contributed by atoms with van der Waals surface area (Å²) in [4.78, 5) is 4.08. The second kappa shape index (κ2) is 5.49. The maximum absolute atomic E-state index is 5.94. The van der Waals surface area contributed by atoms with Crippen LogP contribution in [0.1, 0.15) is 31.1 Å². The van der Waals surface area contributed by atoms with Crippen molar-refractivity contribution in [2.75, 3.05) is 13.1 Å². The zero-order valence-corrected chi connectivity index (χ0v) is 12.4. The number of halogens is 1. The van der Waals surface area contributed by atoms with Crippen LogP contribution in [-0.2, 0) is 6.42 Å². The van der Waals surface area contributed by atoms with Crippen molar-refractivity contribution in [1.82, 2.24) is 10.2 Å². The third-order valence-electron chi connectivity index (χ3n) is 4.07. The van der Waals surface area contributed by atoms with Gasteiger partial charge in [-0.25, -0.2) is 0 Å². The van der Waals surface area contributed by atoms with Crippen molar-refractivity contribution in [3.05, 3.63) is 21.3 Å². The quantitative estimate of drug-likeness (QED) is 0.893. The third-order valence-corrected chi connectivity index (χ3v) is 5.36. The van der Waals surface area contributed by atoms with Gasteiger partial charge in [0.15, 0.2) is 0 Å². The van der Waals surface area contributed by atoms with Gasteiger partial charge in [0.1, 0.15) is 0 Å². The molecule has 1 aliphatic heterocycles. The van der Waals surface area contributed by atoms with Gasteiger partial charge in [-0.3, -0.25) is 4.90 Å². The molecule has 2 atom stereocenters. The fourth-order valence-electron chi connectivity index (χ4n) is 3.00. The number of rotatable bonds is 5. The molecule has 4 heteroatoms. The Bertz CT molecular complexity index is 402. The summed E-state index contributed by atoms with van der Waals surface area (Å²) in [6.07, 6.45) is 5.25. The summed E-state index contributed by atoms with van der Waals surface area (Å²) in [7, 11) is 0. The molecule has 0 radical (unpaired) electrons. The van der Waals surface area contributed by atoms with Crippen LogP contribution < -0.4 is 5.32 Å². The van der Waals surface area contributed by atoms with Crippen LogP contribution in [-0.4, -0.2) is 36.1 Å². The molecule has 2 unspecified atom stereocenters. The Morgan fingerprint density at radius 2 is 2.28 bits per heavy atom. The summed E-state index contributed by atoms with van der Waals surface area (Å²) in [5.74, 6) is 0. The highest BCUT2D eigenvalue weighted by molar-refractivity contribution is 7.16. The number of hydrogen-bond donors (Lipinski definition) is 1. The molecule has 2 fully saturated rings. The SMILES string of the molecule is CC1CC(NCCc2ccc(Cl)s2)CN1C1CC1. The molecule has 0 spiro atoms. The molecule has 3 rings (SSSR count). The predicted octanol–water partition coefficient (Wildman–Crippen LogP) is 3.16. The van der Waals surface area contributed by atoms with Crippen LogP contribution in [0.25, 0.3) is 0 Å². The summed E-state index contributed by atoms with van der Waals surface area (Å²) < 4.78 is 0.902. The van der Waals surface area contributed by atoms with Gasteiger partial charge in [-0.05, 0) is 44.7 Å². The van der Waals surface area contributed by atoms with Crippen LogP contribution in [0.4, 0.5) is 0 Å². The molecule has 1 aliphatic carbocycles. The molecule has 0 amide bonds. The van der Waals surface area contributed by atoms with Crippen LogP contribution in [0.2, 0.25) is 4.34 Å². The van der Waals surface area contributed by atoms with E-state index in [9.17, 15) is 0 Å². The lowest BCUT2D eigenvalue weighted by Gasteiger charge is -2.19. The highest BCUT2D eigenvalue weighted by atomic mass is 35.5. The smallest absolute Gasteiger partial charge is 0.0931 e. The molecule has 1 N–H and O–H groups in total. The van der Waals surface area contributed by atoms with E-state index in [4.69, 9.17) is 11.6 Å². The Morgan fingerprint density at radius 1 is 1.44 bits per heavy atom. The summed E-state index contributed by atoms with van der Waals surface area (Å²) in [6.45, 7) is 4.70. The van der Waals surface area contributed by atoms with E-state index in [-0.39, 0.29) is 0 Å². The van der Waals surface area contributed by atoms with E-state index in [0.29, 0.717) is 6.04 Å². The normalized spacial score (nSPS) is 29.0. The van der Waals surface area contributed by atoms with Gasteiger partial charge in [0, 0.05) is 36.1 Å². The maximum atomic E-state index is 5.94. The van der Waals surface area contributed by atoms with Gasteiger partial charge in [0.2, 0.25) is 0 Å². The number of nitrogens with zero attached hydrogens (tertiary/aromatic N) is 1. The molecule has 100 valence electrons. The number of nitrogens with one attached hydrogen (secondary N) is 1. The van der Waals surface area contributed by atoms with Crippen LogP contribution in [0, 0.1) is 0 Å². The second-order valence-electron chi connectivity index (χ2n) is 5.62. The number of thiophene rings is 1. The molecule has 2 nitrogen and oxygen atoms in total. The van der Waals surface area contributed by atoms with Gasteiger partial charge < -0.3 is 5.32 Å². The average molecular weight is 285 g/mol. The van der Waals surface area contributed by atoms with Crippen molar-refractivity contribution < 1.29 is 0 Å². The lowest BCUT2D eigenvalue weighted by atomic mass is 10.2. The molecular formula is C14H21ClN2S. The van der Waals surface area contributed by atoms with E-state index in [2.05, 4.69) is 23.2 Å². The Hall–Kier alpha value is -0.0900. The van der Waals surface area contributed by atoms with Gasteiger partial charge in [-0.1, -0.05) is 11.6 Å². The topological polar surface area (TPSA) is 15.3 Å². The summed E-state index contributed by atoms with van der Waals surface area (Å²) in [5.41, 5.74) is 0. The van der Waals surface area contributed by atoms with Crippen molar-refractivity contribution in [2.24, 2.45) is 0 Å². The van der Waals surface area contributed by atoms with Crippen molar-refractivity contribution in [1.29, 1.82) is 0 Å². The van der Waals surface area contributed by atoms with Crippen LogP contribution in [0.5, 0.6) is 0 Å². The van der Waals surface area contributed by atoms with Crippen LogP contribution >= 0.6 is 22.9 Å². The molecule has 18 heavy (non-hydrogen) atoms. The fourth-order valence-corrected chi connectivity index (χ4v) is 4.09. The summed E-state index contributed by atoms with van der Waals surface area (Å²) >= 11 is 7.64. The van der Waals surface area contributed by atoms with E-state index in [1.54, 1.807) is 11.3 Å². The van der Waals surface area contributed by atoms with Crippen molar-refractivity contribution in [3.63, 3.8) is 0 Å². The van der Waals surface area contributed by atoms with E-state index < -0.39 is 0 Å². The molecule has 2 aliphatic rings. The highest BCUT2D eigenvalue weighted by Gasteiger charge is 2.38. The fraction of sp³-hybridized carbons (Fsp3) is 0.714. The van der Waals surface area contributed by atoms with Gasteiger partial charge in [-0.15, -0.1) is 11.3 Å². The van der Waals surface area contributed by atoms with Crippen molar-refractivity contribution in [2.45, 2.75) is 50.7 Å². The van der Waals surface area contributed by atoms with Crippen LogP contribution in [0.3, 0.4) is 0 Å². The lowest BCUT2D eigenvalue weighted by Crippen LogP contribution is -2.35. The number of hydrogen-bond acceptors (Lipinski definition) is 3. The number of likely N-dealkylation sites (tertiary alicyclic amines) is 1. The molecule has 0 aromatic carbocycles. The standard InChI is InChI=1S/C14H21ClN2S/c1-10-8-11(9-17(10)12-2-3-12)16-7-6-13-4-5-14(15)18-13/h4-5,10-12,16H,2-3,6-9H2,1H3. The minimum absolute atomic E-state index is 0.691. The largest absolute Gasteiger partial charge is 0.312 e. The monoisotopic (exact) mass is 284 g/mol. The van der Waals surface area contributed by atoms with Crippen LogP contribution in [0.15, 0.2) is 12.1 Å². The van der Waals surface area contributed by atoms with Crippen molar-refractivity contribution in [3.8, 4) is 0 Å². The molecule has 1 saturated heterocycles. The third kappa shape index (κ3) is 3.08. The first-order chi connectivity index (χ1) is 8.72. The molecule has 1 saturated carbocycles. The summed E-state index contributed by atoms with van der Waals surface area (Å²) in [6, 6.07) is 6.50. The maximum Gasteiger partial charge on any atom is 0.0931 e. The van der Waals surface area contributed by atoms with E-state index in [1.165, 1.54) is 30.7 Å². The average Bonchev–Trinajstić information content (AvgIpc) is 3.00. The summed E-state index contributed by atoms with van der Waals surface area (Å²) in [5, 5.41) is 3.70. The first-order valence-corrected chi connectivity index (χ1v) is 8.15. The molecule has 2 heterocycles. The van der Waals surface area contributed by atoms with E-state index >= 15 is 0 Å². The van der Waals surface area contributed by atoms with Gasteiger partial charge in [0.05, 0.1) is 4.34 Å². The van der Waals surface area contributed by atoms with Gasteiger partial charge in [0.25, 0.3) is 0 Å². The highest BCUT2D eigenvalue weighted by Crippen LogP contribution is 2.33.